The molecule has 1 rings (SSSR count). The summed E-state index contributed by atoms with van der Waals surface area (Å²) in [5, 5.41) is 3.39. The zero-order valence-electron chi connectivity index (χ0n) is 11.4. The molecule has 0 saturated carbocycles. The lowest BCUT2D eigenvalue weighted by atomic mass is 10.1. The van der Waals surface area contributed by atoms with Crippen LogP contribution in [-0.2, 0) is 16.0 Å². The minimum absolute atomic E-state index is 0.135. The van der Waals surface area contributed by atoms with E-state index >= 15 is 0 Å². The predicted octanol–water partition coefficient (Wildman–Crippen LogP) is 2.53. The van der Waals surface area contributed by atoms with E-state index in [-0.39, 0.29) is 12.0 Å². The second-order valence-corrected chi connectivity index (χ2v) is 4.60. The molecule has 2 atom stereocenters. The fourth-order valence-electron chi connectivity index (χ4n) is 1.91. The molecule has 0 bridgehead atoms. The van der Waals surface area contributed by atoms with Crippen LogP contribution in [0.1, 0.15) is 39.4 Å². The minimum atomic E-state index is -0.143. The van der Waals surface area contributed by atoms with Gasteiger partial charge in [-0.05, 0) is 39.3 Å². The smallest absolute Gasteiger partial charge is 0.307 e. The number of aryl methyl sites for hydroxylation is 1. The third-order valence-electron chi connectivity index (χ3n) is 2.75. The molecule has 2 unspecified atom stereocenters. The summed E-state index contributed by atoms with van der Waals surface area (Å²) < 4.78 is 10.2. The van der Waals surface area contributed by atoms with Crippen LogP contribution in [0.3, 0.4) is 0 Å². The lowest BCUT2D eigenvalue weighted by Crippen LogP contribution is -2.36. The summed E-state index contributed by atoms with van der Waals surface area (Å²) in [4.78, 5) is 11.3. The standard InChI is InChI=1S/C14H23NO3/c1-4-17-14(16)10-12(3)15-11(2)7-8-13-6-5-9-18-13/h5-6,9,11-12,15H,4,7-8,10H2,1-3H3. The summed E-state index contributed by atoms with van der Waals surface area (Å²) >= 11 is 0. The van der Waals surface area contributed by atoms with E-state index in [0.717, 1.165) is 18.6 Å². The number of carbonyl (C=O) groups excluding carboxylic acids is 1. The average molecular weight is 253 g/mol. The summed E-state index contributed by atoms with van der Waals surface area (Å²) in [5.74, 6) is 0.859. The highest BCUT2D eigenvalue weighted by atomic mass is 16.5. The van der Waals surface area contributed by atoms with Crippen molar-refractivity contribution in [3.05, 3.63) is 24.2 Å². The van der Waals surface area contributed by atoms with Crippen molar-refractivity contribution < 1.29 is 13.9 Å². The van der Waals surface area contributed by atoms with E-state index in [2.05, 4.69) is 12.2 Å². The van der Waals surface area contributed by atoms with Crippen molar-refractivity contribution in [3.63, 3.8) is 0 Å². The molecule has 102 valence electrons. The molecule has 4 nitrogen and oxygen atoms in total. The quantitative estimate of drug-likeness (QED) is 0.723. The Morgan fingerprint density at radius 1 is 1.44 bits per heavy atom. The second kappa shape index (κ2) is 7.93. The number of furan rings is 1. The van der Waals surface area contributed by atoms with Gasteiger partial charge in [-0.2, -0.15) is 0 Å². The van der Waals surface area contributed by atoms with Crippen molar-refractivity contribution in [1.82, 2.24) is 5.32 Å². The number of ether oxygens (including phenoxy) is 1. The summed E-state index contributed by atoms with van der Waals surface area (Å²) in [6.07, 6.45) is 4.00. The van der Waals surface area contributed by atoms with Gasteiger partial charge >= 0.3 is 5.97 Å². The molecule has 1 heterocycles. The van der Waals surface area contributed by atoms with Crippen LogP contribution in [0.15, 0.2) is 22.8 Å². The van der Waals surface area contributed by atoms with Crippen LogP contribution in [0.25, 0.3) is 0 Å². The van der Waals surface area contributed by atoms with Crippen LogP contribution in [0, 0.1) is 0 Å². The molecule has 4 heteroatoms. The summed E-state index contributed by atoms with van der Waals surface area (Å²) in [7, 11) is 0. The molecule has 0 aliphatic rings. The van der Waals surface area contributed by atoms with Gasteiger partial charge in [0.1, 0.15) is 5.76 Å². The zero-order valence-corrected chi connectivity index (χ0v) is 11.4. The fraction of sp³-hybridized carbons (Fsp3) is 0.643. The molecule has 0 radical (unpaired) electrons. The van der Waals surface area contributed by atoms with Gasteiger partial charge in [0, 0.05) is 18.5 Å². The number of rotatable bonds is 8. The molecule has 1 N–H and O–H groups in total. The van der Waals surface area contributed by atoms with Crippen LogP contribution in [-0.4, -0.2) is 24.7 Å². The highest BCUT2D eigenvalue weighted by molar-refractivity contribution is 5.70. The van der Waals surface area contributed by atoms with E-state index in [1.165, 1.54) is 0 Å². The van der Waals surface area contributed by atoms with E-state index in [1.807, 2.05) is 26.0 Å². The first-order valence-electron chi connectivity index (χ1n) is 6.55. The molecule has 0 fully saturated rings. The molecular weight excluding hydrogens is 230 g/mol. The van der Waals surface area contributed by atoms with E-state index in [0.29, 0.717) is 19.1 Å². The van der Waals surface area contributed by atoms with Crippen LogP contribution in [0.2, 0.25) is 0 Å². The Balaban J connectivity index is 2.18. The van der Waals surface area contributed by atoms with Gasteiger partial charge in [-0.15, -0.1) is 0 Å². The van der Waals surface area contributed by atoms with Crippen molar-refractivity contribution in [1.29, 1.82) is 0 Å². The van der Waals surface area contributed by atoms with Gasteiger partial charge < -0.3 is 14.5 Å². The topological polar surface area (TPSA) is 51.5 Å². The van der Waals surface area contributed by atoms with Crippen LogP contribution < -0.4 is 5.32 Å². The van der Waals surface area contributed by atoms with Gasteiger partial charge in [-0.1, -0.05) is 0 Å². The summed E-state index contributed by atoms with van der Waals surface area (Å²) in [6.45, 7) is 6.38. The predicted molar refractivity (Wildman–Crippen MR) is 70.3 cm³/mol. The maximum absolute atomic E-state index is 11.3. The SMILES string of the molecule is CCOC(=O)CC(C)NC(C)CCc1ccco1. The van der Waals surface area contributed by atoms with Crippen molar-refractivity contribution in [2.24, 2.45) is 0 Å². The lowest BCUT2D eigenvalue weighted by molar-refractivity contribution is -0.143. The normalized spacial score (nSPS) is 14.2. The molecule has 0 aliphatic carbocycles. The first kappa shape index (κ1) is 14.8. The van der Waals surface area contributed by atoms with Gasteiger partial charge in [0.05, 0.1) is 19.3 Å². The second-order valence-electron chi connectivity index (χ2n) is 4.60. The summed E-state index contributed by atoms with van der Waals surface area (Å²) in [6, 6.07) is 4.36. The maximum Gasteiger partial charge on any atom is 0.307 e. The zero-order chi connectivity index (χ0) is 13.4. The Hall–Kier alpha value is -1.29. The molecule has 18 heavy (non-hydrogen) atoms. The molecule has 0 aliphatic heterocycles. The number of carbonyl (C=O) groups is 1. The molecule has 0 amide bonds. The molecule has 0 spiro atoms. The van der Waals surface area contributed by atoms with Gasteiger partial charge in [-0.25, -0.2) is 0 Å². The minimum Gasteiger partial charge on any atom is -0.469 e. The molecule has 1 aromatic heterocycles. The molecule has 0 aromatic carbocycles. The Morgan fingerprint density at radius 3 is 2.83 bits per heavy atom. The third kappa shape index (κ3) is 5.87. The van der Waals surface area contributed by atoms with E-state index in [9.17, 15) is 4.79 Å². The first-order chi connectivity index (χ1) is 8.61. The third-order valence-corrected chi connectivity index (χ3v) is 2.75. The monoisotopic (exact) mass is 253 g/mol. The average Bonchev–Trinajstić information content (AvgIpc) is 2.79. The first-order valence-corrected chi connectivity index (χ1v) is 6.55. The lowest BCUT2D eigenvalue weighted by Gasteiger charge is -2.19. The van der Waals surface area contributed by atoms with E-state index in [4.69, 9.17) is 9.15 Å². The maximum atomic E-state index is 11.3. The summed E-state index contributed by atoms with van der Waals surface area (Å²) in [5.41, 5.74) is 0. The highest BCUT2D eigenvalue weighted by Gasteiger charge is 2.12. The van der Waals surface area contributed by atoms with Crippen molar-refractivity contribution in [2.45, 2.75) is 52.1 Å². The number of nitrogens with one attached hydrogen (secondary N) is 1. The van der Waals surface area contributed by atoms with Gasteiger partial charge in [0.2, 0.25) is 0 Å². The van der Waals surface area contributed by atoms with Crippen molar-refractivity contribution >= 4 is 5.97 Å². The van der Waals surface area contributed by atoms with Gasteiger partial charge in [0.25, 0.3) is 0 Å². The Bertz CT molecular complexity index is 335. The fourth-order valence-corrected chi connectivity index (χ4v) is 1.91. The van der Waals surface area contributed by atoms with E-state index < -0.39 is 0 Å². The van der Waals surface area contributed by atoms with Crippen molar-refractivity contribution in [3.8, 4) is 0 Å². The number of hydrogen-bond donors (Lipinski definition) is 1. The Morgan fingerprint density at radius 2 is 2.22 bits per heavy atom. The largest absolute Gasteiger partial charge is 0.469 e. The number of hydrogen-bond acceptors (Lipinski definition) is 4. The van der Waals surface area contributed by atoms with E-state index in [1.54, 1.807) is 6.26 Å². The van der Waals surface area contributed by atoms with Crippen LogP contribution in [0.5, 0.6) is 0 Å². The molecule has 0 saturated heterocycles. The number of esters is 1. The Kier molecular flexibility index (Phi) is 6.50. The molecular formula is C14H23NO3. The van der Waals surface area contributed by atoms with Gasteiger partial charge in [-0.3, -0.25) is 4.79 Å². The molecule has 1 aromatic rings. The van der Waals surface area contributed by atoms with Crippen LogP contribution in [0.4, 0.5) is 0 Å². The Labute approximate surface area is 109 Å². The van der Waals surface area contributed by atoms with Crippen molar-refractivity contribution in [2.75, 3.05) is 6.61 Å². The van der Waals surface area contributed by atoms with Gasteiger partial charge in [0.15, 0.2) is 0 Å². The highest BCUT2D eigenvalue weighted by Crippen LogP contribution is 2.07. The van der Waals surface area contributed by atoms with Crippen LogP contribution >= 0.6 is 0 Å².